The van der Waals surface area contributed by atoms with Crippen LogP contribution in [0.25, 0.3) is 0 Å². The van der Waals surface area contributed by atoms with Crippen molar-refractivity contribution in [2.45, 2.75) is 76.0 Å². The van der Waals surface area contributed by atoms with E-state index in [1.165, 1.54) is 0 Å². The average Bonchev–Trinajstić information content (AvgIpc) is 2.70. The monoisotopic (exact) mass is 533 g/mol. The Labute approximate surface area is 207 Å². The van der Waals surface area contributed by atoms with Crippen LogP contribution < -0.4 is 0 Å². The van der Waals surface area contributed by atoms with Crippen LogP contribution in [0.2, 0.25) is 0 Å². The molecule has 1 aliphatic rings. The molecule has 1 rings (SSSR count). The average molecular weight is 535 g/mol. The van der Waals surface area contributed by atoms with E-state index in [0.29, 0.717) is 0 Å². The van der Waals surface area contributed by atoms with Gasteiger partial charge in [0.15, 0.2) is 12.2 Å². The first kappa shape index (κ1) is 29.7. The number of nitrogens with one attached hydrogen (secondary N) is 1. The van der Waals surface area contributed by atoms with Crippen LogP contribution in [-0.4, -0.2) is 70.0 Å². The lowest BCUT2D eigenvalue weighted by Crippen LogP contribution is -2.63. The standard InChI is InChI=1S/C20H30Cl3NO9/c1-8(2)15(26)30-12-11(7-25)29-18(33-19(24)20(21,22)23)14(32-17(28)10(5)6)13(12)31-16(27)9(3)4/h8-14,18,24-25H,7H2,1-6H3/t11-,12-,13+,14-,18-/m1/s1. The molecule has 0 unspecified atom stereocenters. The summed E-state index contributed by atoms with van der Waals surface area (Å²) in [7, 11) is 0. The number of esters is 3. The highest BCUT2D eigenvalue weighted by molar-refractivity contribution is 6.76. The van der Waals surface area contributed by atoms with E-state index in [0.717, 1.165) is 0 Å². The van der Waals surface area contributed by atoms with Crippen LogP contribution >= 0.6 is 34.8 Å². The van der Waals surface area contributed by atoms with Gasteiger partial charge in [0.25, 0.3) is 3.79 Å². The zero-order chi connectivity index (χ0) is 25.7. The largest absolute Gasteiger partial charge is 0.455 e. The van der Waals surface area contributed by atoms with Crippen LogP contribution in [0, 0.1) is 23.2 Å². The number of halogens is 3. The van der Waals surface area contributed by atoms with E-state index in [9.17, 15) is 19.5 Å². The van der Waals surface area contributed by atoms with E-state index >= 15 is 0 Å². The number of carbonyl (C=O) groups excluding carboxylic acids is 3. The third-order valence-corrected chi connectivity index (χ3v) is 4.95. The molecule has 1 aliphatic heterocycles. The second kappa shape index (κ2) is 12.4. The fourth-order valence-corrected chi connectivity index (χ4v) is 2.65. The van der Waals surface area contributed by atoms with Gasteiger partial charge in [0.05, 0.1) is 24.4 Å². The van der Waals surface area contributed by atoms with E-state index in [2.05, 4.69) is 0 Å². The molecule has 1 fully saturated rings. The molecule has 0 aromatic carbocycles. The van der Waals surface area contributed by atoms with Gasteiger partial charge in [0.2, 0.25) is 18.3 Å². The quantitative estimate of drug-likeness (QED) is 0.158. The molecule has 10 nitrogen and oxygen atoms in total. The Hall–Kier alpha value is -1.33. The molecule has 1 heterocycles. The highest BCUT2D eigenvalue weighted by atomic mass is 35.6. The minimum Gasteiger partial charge on any atom is -0.455 e. The summed E-state index contributed by atoms with van der Waals surface area (Å²) in [5.74, 6) is -4.73. The van der Waals surface area contributed by atoms with Crippen molar-refractivity contribution in [3.8, 4) is 0 Å². The van der Waals surface area contributed by atoms with E-state index in [1.807, 2.05) is 0 Å². The van der Waals surface area contributed by atoms with Gasteiger partial charge < -0.3 is 28.8 Å². The van der Waals surface area contributed by atoms with Crippen molar-refractivity contribution in [3.05, 3.63) is 0 Å². The fraction of sp³-hybridized carbons (Fsp3) is 0.800. The molecule has 0 aromatic heterocycles. The van der Waals surface area contributed by atoms with Gasteiger partial charge in [-0.1, -0.05) is 76.3 Å². The number of aliphatic hydroxyl groups is 1. The molecule has 5 atom stereocenters. The van der Waals surface area contributed by atoms with Gasteiger partial charge in [-0.2, -0.15) is 0 Å². The van der Waals surface area contributed by atoms with Gasteiger partial charge in [-0.05, 0) is 0 Å². The zero-order valence-corrected chi connectivity index (χ0v) is 21.4. The Balaban J connectivity index is 3.49. The number of aliphatic hydroxyl groups excluding tert-OH is 1. The van der Waals surface area contributed by atoms with Gasteiger partial charge in [-0.3, -0.25) is 19.8 Å². The lowest BCUT2D eigenvalue weighted by Gasteiger charge is -2.44. The molecule has 1 saturated heterocycles. The summed E-state index contributed by atoms with van der Waals surface area (Å²) >= 11 is 17.1. The summed E-state index contributed by atoms with van der Waals surface area (Å²) in [6.45, 7) is 8.74. The molecule has 190 valence electrons. The van der Waals surface area contributed by atoms with Crippen LogP contribution in [0.4, 0.5) is 0 Å². The molecule has 0 aliphatic carbocycles. The van der Waals surface area contributed by atoms with Crippen molar-refractivity contribution in [1.82, 2.24) is 0 Å². The number of ether oxygens (including phenoxy) is 5. The van der Waals surface area contributed by atoms with Gasteiger partial charge in [0.1, 0.15) is 6.10 Å². The highest BCUT2D eigenvalue weighted by Gasteiger charge is 2.54. The lowest BCUT2D eigenvalue weighted by molar-refractivity contribution is -0.294. The Kier molecular flexibility index (Phi) is 11.2. The fourth-order valence-electron chi connectivity index (χ4n) is 2.52. The topological polar surface area (TPSA) is 141 Å². The van der Waals surface area contributed by atoms with Crippen LogP contribution in [0.15, 0.2) is 0 Å². The molecule has 0 amide bonds. The summed E-state index contributed by atoms with van der Waals surface area (Å²) in [6, 6.07) is 0. The van der Waals surface area contributed by atoms with Crippen molar-refractivity contribution in [2.24, 2.45) is 17.8 Å². The first-order chi connectivity index (χ1) is 15.1. The molecule has 0 saturated carbocycles. The van der Waals surface area contributed by atoms with Crippen LogP contribution in [0.5, 0.6) is 0 Å². The molecule has 2 N–H and O–H groups in total. The van der Waals surface area contributed by atoms with Crippen LogP contribution in [0.1, 0.15) is 41.5 Å². The van der Waals surface area contributed by atoms with E-state index in [-0.39, 0.29) is 0 Å². The van der Waals surface area contributed by atoms with Crippen molar-refractivity contribution >= 4 is 58.6 Å². The maximum absolute atomic E-state index is 12.5. The number of hydrogen-bond donors (Lipinski definition) is 2. The second-order valence-corrected chi connectivity index (χ2v) is 10.6. The molecular weight excluding hydrogens is 505 g/mol. The minimum absolute atomic E-state index is 0.561. The number of rotatable bonds is 8. The number of hydrogen-bond acceptors (Lipinski definition) is 10. The molecule has 13 heteroatoms. The minimum atomic E-state index is -2.28. The molecular formula is C20H30Cl3NO9. The van der Waals surface area contributed by atoms with Gasteiger partial charge in [0, 0.05) is 0 Å². The smallest absolute Gasteiger partial charge is 0.309 e. The summed E-state index contributed by atoms with van der Waals surface area (Å²) in [5, 5.41) is 17.7. The molecule has 0 spiro atoms. The first-order valence-electron chi connectivity index (χ1n) is 10.3. The van der Waals surface area contributed by atoms with Crippen LogP contribution in [0.3, 0.4) is 0 Å². The van der Waals surface area contributed by atoms with Crippen molar-refractivity contribution in [1.29, 1.82) is 5.41 Å². The summed E-state index contributed by atoms with van der Waals surface area (Å²) in [5.41, 5.74) is 0. The molecule has 33 heavy (non-hydrogen) atoms. The summed E-state index contributed by atoms with van der Waals surface area (Å²) in [6.07, 6.45) is -7.25. The molecule has 0 bridgehead atoms. The molecule has 0 aromatic rings. The third-order valence-electron chi connectivity index (χ3n) is 4.43. The first-order valence-corrected chi connectivity index (χ1v) is 11.4. The van der Waals surface area contributed by atoms with E-state index in [4.69, 9.17) is 63.9 Å². The van der Waals surface area contributed by atoms with E-state index < -0.39 is 82.7 Å². The SMILES string of the molecule is CC(C)C(=O)O[C@@H]1[C@@H](OC(=O)C(C)C)[C@@H](OC(=N)C(Cl)(Cl)Cl)O[C@H](CO)[C@H]1OC(=O)C(C)C. The molecule has 0 radical (unpaired) electrons. The zero-order valence-electron chi connectivity index (χ0n) is 19.2. The van der Waals surface area contributed by atoms with Gasteiger partial charge in [-0.15, -0.1) is 0 Å². The Morgan fingerprint density at radius 2 is 1.21 bits per heavy atom. The van der Waals surface area contributed by atoms with Crippen molar-refractivity contribution in [2.75, 3.05) is 6.61 Å². The lowest BCUT2D eigenvalue weighted by atomic mass is 9.97. The maximum atomic E-state index is 12.5. The van der Waals surface area contributed by atoms with E-state index in [1.54, 1.807) is 41.5 Å². The Morgan fingerprint density at radius 3 is 1.58 bits per heavy atom. The Morgan fingerprint density at radius 1 is 0.818 bits per heavy atom. The van der Waals surface area contributed by atoms with Gasteiger partial charge in [-0.25, -0.2) is 0 Å². The highest BCUT2D eigenvalue weighted by Crippen LogP contribution is 2.34. The number of alkyl halides is 3. The van der Waals surface area contributed by atoms with Gasteiger partial charge >= 0.3 is 17.9 Å². The second-order valence-electron chi connectivity index (χ2n) is 8.34. The van der Waals surface area contributed by atoms with Crippen molar-refractivity contribution in [3.63, 3.8) is 0 Å². The number of carbonyl (C=O) groups is 3. The summed E-state index contributed by atoms with van der Waals surface area (Å²) in [4.78, 5) is 37.2. The normalized spacial score (nSPS) is 25.7. The van der Waals surface area contributed by atoms with Crippen LogP contribution in [-0.2, 0) is 38.1 Å². The Bertz CT molecular complexity index is 724. The third kappa shape index (κ3) is 8.43. The summed E-state index contributed by atoms with van der Waals surface area (Å²) < 4.78 is 25.1. The predicted octanol–water partition coefficient (Wildman–Crippen LogP) is 2.77. The maximum Gasteiger partial charge on any atom is 0.309 e. The predicted molar refractivity (Wildman–Crippen MR) is 119 cm³/mol. The van der Waals surface area contributed by atoms with Crippen molar-refractivity contribution < 1.29 is 43.2 Å².